The highest BCUT2D eigenvalue weighted by molar-refractivity contribution is 5.96. The molecule has 0 unspecified atom stereocenters. The number of nitrogens with one attached hydrogen (secondary N) is 1. The molecule has 158 valence electrons. The van der Waals surface area contributed by atoms with Crippen LogP contribution in [0, 0.1) is 13.8 Å². The van der Waals surface area contributed by atoms with Crippen LogP contribution < -0.4 is 5.32 Å². The number of rotatable bonds is 5. The molecule has 0 saturated heterocycles. The number of hydrogen-bond acceptors (Lipinski definition) is 3. The van der Waals surface area contributed by atoms with Crippen molar-refractivity contribution in [2.24, 2.45) is 0 Å². The molecule has 1 aromatic heterocycles. The summed E-state index contributed by atoms with van der Waals surface area (Å²) in [6.07, 6.45) is -3.07. The Kier molecular flexibility index (Phi) is 5.87. The van der Waals surface area contributed by atoms with Crippen molar-refractivity contribution >= 4 is 28.5 Å². The van der Waals surface area contributed by atoms with E-state index in [2.05, 4.69) is 5.32 Å². The Bertz CT molecular complexity index is 1100. The topological polar surface area (TPSA) is 62.6 Å². The molecule has 2 amide bonds. The number of amides is 2. The van der Waals surface area contributed by atoms with Gasteiger partial charge in [-0.15, -0.1) is 0 Å². The Morgan fingerprint density at radius 1 is 1.10 bits per heavy atom. The van der Waals surface area contributed by atoms with Crippen molar-refractivity contribution in [1.82, 2.24) is 4.90 Å². The van der Waals surface area contributed by atoms with Crippen LogP contribution in [-0.2, 0) is 22.2 Å². The number of aryl methyl sites for hydroxylation is 2. The number of alkyl halides is 3. The summed E-state index contributed by atoms with van der Waals surface area (Å²) < 4.78 is 44.7. The summed E-state index contributed by atoms with van der Waals surface area (Å²) in [6, 6.07) is 8.54. The van der Waals surface area contributed by atoms with Gasteiger partial charge in [-0.1, -0.05) is 12.1 Å². The van der Waals surface area contributed by atoms with Crippen LogP contribution in [0.4, 0.5) is 18.9 Å². The fourth-order valence-corrected chi connectivity index (χ4v) is 3.10. The van der Waals surface area contributed by atoms with Crippen molar-refractivity contribution in [3.63, 3.8) is 0 Å². The number of carbonyl (C=O) groups is 2. The van der Waals surface area contributed by atoms with E-state index < -0.39 is 17.6 Å². The molecule has 0 radical (unpaired) electrons. The van der Waals surface area contributed by atoms with E-state index in [4.69, 9.17) is 4.42 Å². The van der Waals surface area contributed by atoms with Crippen molar-refractivity contribution in [1.29, 1.82) is 0 Å². The molecule has 0 spiro atoms. The maximum Gasteiger partial charge on any atom is 0.418 e. The number of anilines is 1. The zero-order valence-electron chi connectivity index (χ0n) is 16.8. The molecule has 0 aliphatic carbocycles. The van der Waals surface area contributed by atoms with Gasteiger partial charge in [0.05, 0.1) is 30.5 Å². The van der Waals surface area contributed by atoms with Gasteiger partial charge < -0.3 is 14.6 Å². The van der Waals surface area contributed by atoms with Crippen LogP contribution in [0.1, 0.15) is 22.3 Å². The summed E-state index contributed by atoms with van der Waals surface area (Å²) in [7, 11) is 1.43. The summed E-state index contributed by atoms with van der Waals surface area (Å²) in [6.45, 7) is 3.55. The van der Waals surface area contributed by atoms with E-state index in [-0.39, 0.29) is 24.6 Å². The first-order valence-corrected chi connectivity index (χ1v) is 9.23. The van der Waals surface area contributed by atoms with Gasteiger partial charge in [0.25, 0.3) is 0 Å². The number of fused-ring (bicyclic) bond motifs is 1. The van der Waals surface area contributed by atoms with Gasteiger partial charge in [0.1, 0.15) is 5.58 Å². The van der Waals surface area contributed by atoms with Gasteiger partial charge in [-0.25, -0.2) is 0 Å². The summed E-state index contributed by atoms with van der Waals surface area (Å²) >= 11 is 0. The number of halogens is 3. The van der Waals surface area contributed by atoms with E-state index in [1.165, 1.54) is 36.4 Å². The smallest absolute Gasteiger partial charge is 0.418 e. The lowest BCUT2D eigenvalue weighted by molar-refractivity contribution is -0.137. The normalized spacial score (nSPS) is 11.5. The highest BCUT2D eigenvalue weighted by Crippen LogP contribution is 2.34. The minimum Gasteiger partial charge on any atom is -0.464 e. The van der Waals surface area contributed by atoms with E-state index in [9.17, 15) is 22.8 Å². The van der Waals surface area contributed by atoms with Gasteiger partial charge >= 0.3 is 6.18 Å². The first-order chi connectivity index (χ1) is 14.1. The Balaban J connectivity index is 1.67. The van der Waals surface area contributed by atoms with Crippen molar-refractivity contribution in [2.45, 2.75) is 26.4 Å². The second-order valence-corrected chi connectivity index (χ2v) is 7.21. The molecular weight excluding hydrogens is 397 g/mol. The molecule has 1 N–H and O–H groups in total. The minimum atomic E-state index is -4.59. The molecule has 0 fully saturated rings. The third kappa shape index (κ3) is 4.64. The number of likely N-dealkylation sites (N-methyl/N-ethyl adjacent to an activating group) is 1. The van der Waals surface area contributed by atoms with Crippen LogP contribution >= 0.6 is 0 Å². The van der Waals surface area contributed by atoms with Gasteiger partial charge in [0.2, 0.25) is 11.8 Å². The highest BCUT2D eigenvalue weighted by atomic mass is 19.4. The minimum absolute atomic E-state index is 0.0123. The van der Waals surface area contributed by atoms with Crippen LogP contribution in [-0.4, -0.2) is 30.3 Å². The molecule has 8 heteroatoms. The predicted molar refractivity (Wildman–Crippen MR) is 107 cm³/mol. The predicted octanol–water partition coefficient (Wildman–Crippen LogP) is 4.71. The molecule has 30 heavy (non-hydrogen) atoms. The maximum absolute atomic E-state index is 13.1. The Hall–Kier alpha value is -3.29. The molecule has 0 bridgehead atoms. The second-order valence-electron chi connectivity index (χ2n) is 7.21. The Morgan fingerprint density at radius 3 is 2.47 bits per heavy atom. The van der Waals surface area contributed by atoms with E-state index in [1.807, 2.05) is 26.0 Å². The maximum atomic E-state index is 13.1. The lowest BCUT2D eigenvalue weighted by atomic mass is 10.0. The average Bonchev–Trinajstić information content (AvgIpc) is 3.03. The Morgan fingerprint density at radius 2 is 1.77 bits per heavy atom. The molecule has 3 rings (SSSR count). The molecule has 0 aliphatic rings. The first-order valence-electron chi connectivity index (χ1n) is 9.23. The monoisotopic (exact) mass is 418 g/mol. The molecular formula is C22H21F3N2O3. The van der Waals surface area contributed by atoms with E-state index in [1.54, 1.807) is 0 Å². The molecule has 3 aromatic rings. The average molecular weight is 418 g/mol. The number of carbonyl (C=O) groups excluding carboxylic acids is 2. The van der Waals surface area contributed by atoms with E-state index in [0.717, 1.165) is 22.6 Å². The fourth-order valence-electron chi connectivity index (χ4n) is 3.10. The van der Waals surface area contributed by atoms with E-state index >= 15 is 0 Å². The van der Waals surface area contributed by atoms with Crippen molar-refractivity contribution in [3.8, 4) is 0 Å². The summed E-state index contributed by atoms with van der Waals surface area (Å²) in [5.74, 6) is -1.07. The van der Waals surface area contributed by atoms with Gasteiger partial charge in [-0.3, -0.25) is 9.59 Å². The van der Waals surface area contributed by atoms with Gasteiger partial charge in [0, 0.05) is 18.0 Å². The number of nitrogens with zero attached hydrogens (tertiary/aromatic N) is 1. The van der Waals surface area contributed by atoms with Crippen LogP contribution in [0.5, 0.6) is 0 Å². The summed E-state index contributed by atoms with van der Waals surface area (Å²) in [4.78, 5) is 25.9. The highest BCUT2D eigenvalue weighted by Gasteiger charge is 2.33. The Labute approximate surface area is 171 Å². The van der Waals surface area contributed by atoms with Crippen LogP contribution in [0.15, 0.2) is 47.1 Å². The zero-order chi connectivity index (χ0) is 22.1. The molecule has 1 heterocycles. The number of benzene rings is 2. The van der Waals surface area contributed by atoms with Crippen LogP contribution in [0.3, 0.4) is 0 Å². The lowest BCUT2D eigenvalue weighted by Crippen LogP contribution is -2.36. The van der Waals surface area contributed by atoms with Crippen molar-refractivity contribution in [3.05, 3.63) is 64.9 Å². The number of hydrogen-bond donors (Lipinski definition) is 1. The fraction of sp³-hybridized carbons (Fsp3) is 0.273. The molecule has 5 nitrogen and oxygen atoms in total. The lowest BCUT2D eigenvalue weighted by Gasteiger charge is -2.18. The number of para-hydroxylation sites is 1. The van der Waals surface area contributed by atoms with E-state index in [0.29, 0.717) is 11.1 Å². The third-order valence-electron chi connectivity index (χ3n) is 4.92. The van der Waals surface area contributed by atoms with Gasteiger partial charge in [-0.2, -0.15) is 13.2 Å². The largest absolute Gasteiger partial charge is 0.464 e. The third-order valence-corrected chi connectivity index (χ3v) is 4.92. The first kappa shape index (κ1) is 21.4. The quantitative estimate of drug-likeness (QED) is 0.653. The van der Waals surface area contributed by atoms with Crippen molar-refractivity contribution in [2.75, 3.05) is 18.9 Å². The summed E-state index contributed by atoms with van der Waals surface area (Å²) in [5.41, 5.74) is 2.21. The molecule has 0 atom stereocenters. The second kappa shape index (κ2) is 8.22. The van der Waals surface area contributed by atoms with Crippen molar-refractivity contribution < 1.29 is 27.2 Å². The molecule has 0 aliphatic heterocycles. The SMILES string of the molecule is Cc1cc2occ(CC(=O)N(C)CC(=O)Nc3ccccc3C(F)(F)F)c2cc1C. The van der Waals surface area contributed by atoms with Gasteiger partial charge in [-0.05, 0) is 49.2 Å². The standard InChI is InChI=1S/C22H21F3N2O3/c1-13-8-16-15(12-30-19(16)9-14(13)2)10-21(29)27(3)11-20(28)26-18-7-5-4-6-17(18)22(23,24)25/h4-9,12H,10-11H2,1-3H3,(H,26,28). The molecule has 0 saturated carbocycles. The van der Waals surface area contributed by atoms with Crippen LogP contribution in [0.2, 0.25) is 0 Å². The zero-order valence-corrected chi connectivity index (χ0v) is 16.8. The van der Waals surface area contributed by atoms with Gasteiger partial charge in [0.15, 0.2) is 0 Å². The van der Waals surface area contributed by atoms with Crippen LogP contribution in [0.25, 0.3) is 11.0 Å². The molecule has 2 aromatic carbocycles. The number of furan rings is 1. The summed E-state index contributed by atoms with van der Waals surface area (Å²) in [5, 5.41) is 3.06.